The van der Waals surface area contributed by atoms with Crippen LogP contribution in [-0.2, 0) is 7.05 Å². The molecule has 1 aromatic heterocycles. The Morgan fingerprint density at radius 3 is 2.92 bits per heavy atom. The molecule has 0 saturated carbocycles. The second-order valence-corrected chi connectivity index (χ2v) is 6.30. The summed E-state index contributed by atoms with van der Waals surface area (Å²) in [6.45, 7) is 1.50. The predicted octanol–water partition coefficient (Wildman–Crippen LogP) is 2.29. The van der Waals surface area contributed by atoms with Crippen LogP contribution in [-0.4, -0.2) is 39.8 Å². The maximum absolute atomic E-state index is 11.0. The minimum atomic E-state index is -0.636. The Balaban J connectivity index is 1.79. The Morgan fingerprint density at radius 1 is 1.48 bits per heavy atom. The first kappa shape index (κ1) is 17.2. The van der Waals surface area contributed by atoms with Crippen LogP contribution in [0.3, 0.4) is 0 Å². The molecule has 2 aromatic rings. The number of anilines is 1. The number of aromatic nitrogens is 2. The van der Waals surface area contributed by atoms with Crippen LogP contribution in [0, 0.1) is 16.0 Å². The lowest BCUT2D eigenvalue weighted by Gasteiger charge is -2.36. The van der Waals surface area contributed by atoms with E-state index in [9.17, 15) is 15.2 Å². The molecule has 134 valence electrons. The topological polar surface area (TPSA) is 93.7 Å². The van der Waals surface area contributed by atoms with E-state index in [2.05, 4.69) is 9.88 Å². The summed E-state index contributed by atoms with van der Waals surface area (Å²) >= 11 is 0. The summed E-state index contributed by atoms with van der Waals surface area (Å²) in [6.07, 6.45) is 4.71. The Morgan fingerprint density at radius 2 is 2.28 bits per heavy atom. The smallest absolute Gasteiger partial charge is 0.311 e. The Hall–Kier alpha value is -2.61. The third kappa shape index (κ3) is 3.43. The molecule has 1 aliphatic heterocycles. The van der Waals surface area contributed by atoms with Crippen molar-refractivity contribution in [1.82, 2.24) is 9.55 Å². The first-order valence-electron chi connectivity index (χ1n) is 8.24. The predicted molar refractivity (Wildman–Crippen MR) is 92.8 cm³/mol. The molecule has 2 unspecified atom stereocenters. The summed E-state index contributed by atoms with van der Waals surface area (Å²) in [6, 6.07) is 4.89. The summed E-state index contributed by atoms with van der Waals surface area (Å²) in [5.74, 6) is 0.957. The van der Waals surface area contributed by atoms with Crippen LogP contribution in [0.5, 0.6) is 5.75 Å². The van der Waals surface area contributed by atoms with E-state index < -0.39 is 11.0 Å². The summed E-state index contributed by atoms with van der Waals surface area (Å²) in [5.41, 5.74) is 0.812. The molecule has 1 fully saturated rings. The number of benzene rings is 1. The fraction of sp³-hybridized carbons (Fsp3) is 0.471. The molecular weight excluding hydrogens is 324 g/mol. The van der Waals surface area contributed by atoms with Crippen molar-refractivity contribution in [2.24, 2.45) is 13.0 Å². The highest BCUT2D eigenvalue weighted by Crippen LogP contribution is 2.35. The van der Waals surface area contributed by atoms with E-state index in [1.165, 1.54) is 13.2 Å². The van der Waals surface area contributed by atoms with E-state index in [0.717, 1.165) is 25.1 Å². The lowest BCUT2D eigenvalue weighted by molar-refractivity contribution is -0.385. The number of aliphatic hydroxyl groups is 1. The van der Waals surface area contributed by atoms with Gasteiger partial charge in [-0.2, -0.15) is 0 Å². The quantitative estimate of drug-likeness (QED) is 0.659. The van der Waals surface area contributed by atoms with Gasteiger partial charge >= 0.3 is 5.69 Å². The van der Waals surface area contributed by atoms with Crippen LogP contribution in [0.15, 0.2) is 30.6 Å². The fourth-order valence-electron chi connectivity index (χ4n) is 3.39. The number of hydrogen-bond donors (Lipinski definition) is 1. The highest BCUT2D eigenvalue weighted by atomic mass is 16.6. The Kier molecular flexibility index (Phi) is 4.89. The lowest BCUT2D eigenvalue weighted by atomic mass is 9.91. The van der Waals surface area contributed by atoms with Crippen molar-refractivity contribution < 1.29 is 14.8 Å². The molecule has 3 rings (SSSR count). The molecule has 1 aliphatic rings. The molecule has 8 heteroatoms. The standard InChI is InChI=1S/C17H22N4O4/c1-19-9-7-18-17(19)16(22)12-4-3-8-20(11-12)13-5-6-14(21(23)24)15(10-13)25-2/h5-7,9-10,12,16,22H,3-4,8,11H2,1-2H3. The van der Waals surface area contributed by atoms with Gasteiger partial charge in [-0.15, -0.1) is 0 Å². The van der Waals surface area contributed by atoms with Gasteiger partial charge < -0.3 is 19.3 Å². The zero-order valence-electron chi connectivity index (χ0n) is 14.3. The minimum Gasteiger partial charge on any atom is -0.490 e. The van der Waals surface area contributed by atoms with Crippen molar-refractivity contribution in [3.8, 4) is 5.75 Å². The van der Waals surface area contributed by atoms with Crippen molar-refractivity contribution in [3.63, 3.8) is 0 Å². The number of hydrogen-bond acceptors (Lipinski definition) is 6. The molecule has 0 aliphatic carbocycles. The number of methoxy groups -OCH3 is 1. The number of aliphatic hydroxyl groups excluding tert-OH is 1. The van der Waals surface area contributed by atoms with Gasteiger partial charge in [0.15, 0.2) is 5.75 Å². The zero-order chi connectivity index (χ0) is 18.0. The van der Waals surface area contributed by atoms with E-state index in [1.54, 1.807) is 18.3 Å². The summed E-state index contributed by atoms with van der Waals surface area (Å²) in [5, 5.41) is 21.7. The molecule has 1 N–H and O–H groups in total. The number of piperidine rings is 1. The van der Waals surface area contributed by atoms with E-state index in [-0.39, 0.29) is 17.4 Å². The number of ether oxygens (including phenoxy) is 1. The van der Waals surface area contributed by atoms with Gasteiger partial charge in [0.25, 0.3) is 0 Å². The average molecular weight is 346 g/mol. The van der Waals surface area contributed by atoms with Gasteiger partial charge in [0.2, 0.25) is 0 Å². The van der Waals surface area contributed by atoms with Crippen molar-refractivity contribution in [3.05, 3.63) is 46.5 Å². The maximum Gasteiger partial charge on any atom is 0.311 e. The van der Waals surface area contributed by atoms with Crippen LogP contribution in [0.25, 0.3) is 0 Å². The number of nitro groups is 1. The second kappa shape index (κ2) is 7.10. The largest absolute Gasteiger partial charge is 0.490 e. The average Bonchev–Trinajstić information content (AvgIpc) is 3.06. The van der Waals surface area contributed by atoms with Crippen LogP contribution in [0.4, 0.5) is 11.4 Å². The second-order valence-electron chi connectivity index (χ2n) is 6.30. The van der Waals surface area contributed by atoms with Gasteiger partial charge in [-0.3, -0.25) is 10.1 Å². The number of nitrogens with zero attached hydrogens (tertiary/aromatic N) is 4. The van der Waals surface area contributed by atoms with Crippen LogP contribution < -0.4 is 9.64 Å². The van der Waals surface area contributed by atoms with Crippen LogP contribution in [0.2, 0.25) is 0 Å². The van der Waals surface area contributed by atoms with Gasteiger partial charge in [0, 0.05) is 56.3 Å². The third-order valence-electron chi connectivity index (χ3n) is 4.75. The fourth-order valence-corrected chi connectivity index (χ4v) is 3.39. The lowest BCUT2D eigenvalue weighted by Crippen LogP contribution is -2.38. The molecule has 8 nitrogen and oxygen atoms in total. The van der Waals surface area contributed by atoms with Gasteiger partial charge in [-0.25, -0.2) is 4.98 Å². The highest BCUT2D eigenvalue weighted by molar-refractivity contribution is 5.59. The van der Waals surface area contributed by atoms with Gasteiger partial charge in [-0.1, -0.05) is 0 Å². The van der Waals surface area contributed by atoms with E-state index in [0.29, 0.717) is 12.4 Å². The van der Waals surface area contributed by atoms with Crippen molar-refractivity contribution in [2.75, 3.05) is 25.1 Å². The van der Waals surface area contributed by atoms with Crippen LogP contribution >= 0.6 is 0 Å². The number of imidazole rings is 1. The maximum atomic E-state index is 11.0. The molecule has 1 aromatic carbocycles. The molecule has 0 amide bonds. The van der Waals surface area contributed by atoms with Crippen molar-refractivity contribution >= 4 is 11.4 Å². The van der Waals surface area contributed by atoms with Crippen LogP contribution in [0.1, 0.15) is 24.8 Å². The molecule has 0 bridgehead atoms. The summed E-state index contributed by atoms with van der Waals surface area (Å²) in [7, 11) is 3.29. The first-order chi connectivity index (χ1) is 12.0. The van der Waals surface area contributed by atoms with E-state index in [4.69, 9.17) is 4.74 Å². The molecule has 2 heterocycles. The van der Waals surface area contributed by atoms with Gasteiger partial charge in [0.05, 0.1) is 12.0 Å². The molecule has 1 saturated heterocycles. The van der Waals surface area contributed by atoms with Gasteiger partial charge in [-0.05, 0) is 18.9 Å². The van der Waals surface area contributed by atoms with E-state index in [1.807, 2.05) is 17.8 Å². The Labute approximate surface area is 145 Å². The monoisotopic (exact) mass is 346 g/mol. The molecular formula is C17H22N4O4. The molecule has 0 radical (unpaired) electrons. The third-order valence-corrected chi connectivity index (χ3v) is 4.75. The van der Waals surface area contributed by atoms with E-state index >= 15 is 0 Å². The van der Waals surface area contributed by atoms with Crippen molar-refractivity contribution in [1.29, 1.82) is 0 Å². The minimum absolute atomic E-state index is 0.0483. The number of nitro benzene ring substituents is 1. The number of aryl methyl sites for hydroxylation is 1. The van der Waals surface area contributed by atoms with Gasteiger partial charge in [0.1, 0.15) is 11.9 Å². The van der Waals surface area contributed by atoms with Crippen molar-refractivity contribution in [2.45, 2.75) is 18.9 Å². The molecule has 25 heavy (non-hydrogen) atoms. The Bertz CT molecular complexity index is 761. The summed E-state index contributed by atoms with van der Waals surface area (Å²) < 4.78 is 6.99. The summed E-state index contributed by atoms with van der Waals surface area (Å²) in [4.78, 5) is 17.0. The SMILES string of the molecule is COc1cc(N2CCCC(C(O)c3nccn3C)C2)ccc1[N+](=O)[O-]. The normalized spacial score (nSPS) is 18.8. The molecule has 2 atom stereocenters. The molecule has 0 spiro atoms. The number of rotatable bonds is 5. The zero-order valence-corrected chi connectivity index (χ0v) is 14.3. The highest BCUT2D eigenvalue weighted by Gasteiger charge is 2.30. The first-order valence-corrected chi connectivity index (χ1v) is 8.24.